The number of methoxy groups -OCH3 is 1. The Bertz CT molecular complexity index is 1120. The topological polar surface area (TPSA) is 59.9 Å². The van der Waals surface area contributed by atoms with Crippen LogP contribution in [0.2, 0.25) is 0 Å². The van der Waals surface area contributed by atoms with Crippen LogP contribution in [0.15, 0.2) is 60.9 Å². The molecule has 0 bridgehead atoms. The first-order valence-electron chi connectivity index (χ1n) is 8.43. The summed E-state index contributed by atoms with van der Waals surface area (Å²) in [7, 11) is 3.36. The number of hydrogen-bond donors (Lipinski definition) is 1. The Morgan fingerprint density at radius 2 is 1.89 bits per heavy atom. The molecule has 0 amide bonds. The van der Waals surface area contributed by atoms with Crippen molar-refractivity contribution in [3.63, 3.8) is 0 Å². The zero-order chi connectivity index (χ0) is 18.8. The number of fused-ring (bicyclic) bond motifs is 1. The molecule has 2 heterocycles. The van der Waals surface area contributed by atoms with Gasteiger partial charge in [0.25, 0.3) is 0 Å². The van der Waals surface area contributed by atoms with E-state index in [1.54, 1.807) is 38.7 Å². The minimum Gasteiger partial charge on any atom is -0.497 e. The molecule has 0 saturated carbocycles. The van der Waals surface area contributed by atoms with Gasteiger partial charge >= 0.3 is 0 Å². The molecule has 2 aromatic heterocycles. The van der Waals surface area contributed by atoms with Crippen molar-refractivity contribution >= 4 is 16.7 Å². The summed E-state index contributed by atoms with van der Waals surface area (Å²) in [6, 6.07) is 14.0. The molecule has 0 aliphatic heterocycles. The first-order chi connectivity index (χ1) is 13.2. The summed E-state index contributed by atoms with van der Waals surface area (Å²) in [5.41, 5.74) is 2.79. The number of benzene rings is 2. The summed E-state index contributed by atoms with van der Waals surface area (Å²) in [6.45, 7) is 0. The molecule has 0 aliphatic carbocycles. The highest BCUT2D eigenvalue weighted by Crippen LogP contribution is 2.32. The third-order valence-corrected chi connectivity index (χ3v) is 4.34. The van der Waals surface area contributed by atoms with Crippen molar-refractivity contribution in [3.05, 3.63) is 66.7 Å². The Balaban J connectivity index is 1.88. The minimum absolute atomic E-state index is 0.311. The van der Waals surface area contributed by atoms with Gasteiger partial charge in [0.2, 0.25) is 0 Å². The van der Waals surface area contributed by atoms with Crippen molar-refractivity contribution in [2.24, 2.45) is 0 Å². The molecule has 0 saturated heterocycles. The molecule has 2 aromatic carbocycles. The van der Waals surface area contributed by atoms with E-state index in [0.29, 0.717) is 23.0 Å². The monoisotopic (exact) mass is 360 g/mol. The Kier molecular flexibility index (Phi) is 4.38. The van der Waals surface area contributed by atoms with Crippen LogP contribution in [0.4, 0.5) is 10.2 Å². The molecule has 5 nitrogen and oxygen atoms in total. The van der Waals surface area contributed by atoms with E-state index < -0.39 is 0 Å². The number of anilines is 1. The van der Waals surface area contributed by atoms with Gasteiger partial charge in [0.1, 0.15) is 17.4 Å². The second kappa shape index (κ2) is 6.99. The predicted molar refractivity (Wildman–Crippen MR) is 104 cm³/mol. The van der Waals surface area contributed by atoms with Crippen LogP contribution in [-0.2, 0) is 0 Å². The standard InChI is InChI=1S/C21H17FN4O/c1-23-21-17-10-13(16-11-15(27-2)6-7-18(16)22)5-8-19(17)25-20(26-21)14-4-3-9-24-12-14/h3-12H,1-2H3,(H,23,25,26). The van der Waals surface area contributed by atoms with Crippen molar-refractivity contribution in [1.29, 1.82) is 0 Å². The lowest BCUT2D eigenvalue weighted by atomic mass is 10.0. The minimum atomic E-state index is -0.311. The number of ether oxygens (including phenoxy) is 1. The van der Waals surface area contributed by atoms with E-state index in [4.69, 9.17) is 4.74 Å². The number of rotatable bonds is 4. The van der Waals surface area contributed by atoms with E-state index >= 15 is 0 Å². The molecule has 0 radical (unpaired) electrons. The summed E-state index contributed by atoms with van der Waals surface area (Å²) in [5, 5.41) is 3.92. The van der Waals surface area contributed by atoms with Gasteiger partial charge in [-0.25, -0.2) is 14.4 Å². The molecule has 4 rings (SSSR count). The maximum absolute atomic E-state index is 14.4. The fraction of sp³-hybridized carbons (Fsp3) is 0.0952. The zero-order valence-corrected chi connectivity index (χ0v) is 14.9. The van der Waals surface area contributed by atoms with Crippen LogP contribution >= 0.6 is 0 Å². The summed E-state index contributed by atoms with van der Waals surface area (Å²) >= 11 is 0. The smallest absolute Gasteiger partial charge is 0.163 e. The highest BCUT2D eigenvalue weighted by molar-refractivity contribution is 5.94. The van der Waals surface area contributed by atoms with E-state index in [-0.39, 0.29) is 5.82 Å². The van der Waals surface area contributed by atoms with E-state index in [1.807, 2.05) is 30.3 Å². The van der Waals surface area contributed by atoms with Crippen LogP contribution < -0.4 is 10.1 Å². The molecule has 0 unspecified atom stereocenters. The average molecular weight is 360 g/mol. The first kappa shape index (κ1) is 16.9. The Hall–Kier alpha value is -3.54. The van der Waals surface area contributed by atoms with Gasteiger partial charge in [-0.05, 0) is 48.0 Å². The number of halogens is 1. The van der Waals surface area contributed by atoms with Gasteiger partial charge in [0.15, 0.2) is 5.82 Å². The molecular weight excluding hydrogens is 343 g/mol. The van der Waals surface area contributed by atoms with Gasteiger partial charge in [-0.1, -0.05) is 6.07 Å². The zero-order valence-electron chi connectivity index (χ0n) is 14.9. The largest absolute Gasteiger partial charge is 0.497 e. The van der Waals surface area contributed by atoms with Gasteiger partial charge in [0.05, 0.1) is 12.6 Å². The van der Waals surface area contributed by atoms with Crippen molar-refractivity contribution < 1.29 is 9.13 Å². The SMILES string of the molecule is CNc1nc(-c2cccnc2)nc2ccc(-c3cc(OC)ccc3F)cc12. The molecule has 0 fully saturated rings. The molecule has 27 heavy (non-hydrogen) atoms. The molecule has 6 heteroatoms. The van der Waals surface area contributed by atoms with Crippen LogP contribution in [0.5, 0.6) is 5.75 Å². The second-order valence-corrected chi connectivity index (χ2v) is 5.97. The Morgan fingerprint density at radius 1 is 1.00 bits per heavy atom. The van der Waals surface area contributed by atoms with Gasteiger partial charge in [-0.2, -0.15) is 0 Å². The lowest BCUT2D eigenvalue weighted by Crippen LogP contribution is -1.99. The molecule has 0 aliphatic rings. The number of nitrogens with one attached hydrogen (secondary N) is 1. The van der Waals surface area contributed by atoms with E-state index in [1.165, 1.54) is 6.07 Å². The van der Waals surface area contributed by atoms with Crippen LogP contribution in [0.25, 0.3) is 33.4 Å². The average Bonchev–Trinajstić information content (AvgIpc) is 2.73. The second-order valence-electron chi connectivity index (χ2n) is 5.97. The van der Waals surface area contributed by atoms with Gasteiger partial charge in [-0.15, -0.1) is 0 Å². The molecule has 0 atom stereocenters. The van der Waals surface area contributed by atoms with Crippen molar-refractivity contribution in [2.45, 2.75) is 0 Å². The normalized spacial score (nSPS) is 10.8. The maximum atomic E-state index is 14.4. The number of nitrogens with zero attached hydrogens (tertiary/aromatic N) is 3. The Labute approximate surface area is 155 Å². The fourth-order valence-electron chi connectivity index (χ4n) is 2.96. The highest BCUT2D eigenvalue weighted by atomic mass is 19.1. The van der Waals surface area contributed by atoms with E-state index in [9.17, 15) is 4.39 Å². The highest BCUT2D eigenvalue weighted by Gasteiger charge is 2.12. The third-order valence-electron chi connectivity index (χ3n) is 4.34. The maximum Gasteiger partial charge on any atom is 0.163 e. The number of aromatic nitrogens is 3. The summed E-state index contributed by atoms with van der Waals surface area (Å²) in [5.74, 6) is 1.54. The van der Waals surface area contributed by atoms with Gasteiger partial charge in [-0.3, -0.25) is 4.98 Å². The van der Waals surface area contributed by atoms with Crippen molar-refractivity contribution in [1.82, 2.24) is 15.0 Å². The van der Waals surface area contributed by atoms with Gasteiger partial charge < -0.3 is 10.1 Å². The lowest BCUT2D eigenvalue weighted by Gasteiger charge is -2.11. The van der Waals surface area contributed by atoms with Crippen LogP contribution in [0.3, 0.4) is 0 Å². The molecule has 4 aromatic rings. The molecule has 134 valence electrons. The first-order valence-corrected chi connectivity index (χ1v) is 8.43. The lowest BCUT2D eigenvalue weighted by molar-refractivity contribution is 0.414. The number of pyridine rings is 1. The number of hydrogen-bond acceptors (Lipinski definition) is 5. The molecular formula is C21H17FN4O. The summed E-state index contributed by atoms with van der Waals surface area (Å²) in [6.07, 6.45) is 3.43. The molecule has 1 N–H and O–H groups in total. The van der Waals surface area contributed by atoms with Crippen LogP contribution in [0, 0.1) is 5.82 Å². The van der Waals surface area contributed by atoms with Crippen molar-refractivity contribution in [3.8, 4) is 28.3 Å². The summed E-state index contributed by atoms with van der Waals surface area (Å²) in [4.78, 5) is 13.4. The summed E-state index contributed by atoms with van der Waals surface area (Å²) < 4.78 is 19.6. The quantitative estimate of drug-likeness (QED) is 0.579. The Morgan fingerprint density at radius 3 is 2.63 bits per heavy atom. The van der Waals surface area contributed by atoms with E-state index in [2.05, 4.69) is 20.3 Å². The molecule has 0 spiro atoms. The van der Waals surface area contributed by atoms with Crippen LogP contribution in [-0.4, -0.2) is 29.1 Å². The van der Waals surface area contributed by atoms with Gasteiger partial charge in [0, 0.05) is 36.0 Å². The van der Waals surface area contributed by atoms with E-state index in [0.717, 1.165) is 22.0 Å². The van der Waals surface area contributed by atoms with Crippen molar-refractivity contribution in [2.75, 3.05) is 19.5 Å². The fourth-order valence-corrected chi connectivity index (χ4v) is 2.96. The predicted octanol–water partition coefficient (Wildman–Crippen LogP) is 4.55. The van der Waals surface area contributed by atoms with Crippen LogP contribution in [0.1, 0.15) is 0 Å². The third kappa shape index (κ3) is 3.17.